The van der Waals surface area contributed by atoms with Gasteiger partial charge in [0.15, 0.2) is 0 Å². The Labute approximate surface area is 111 Å². The number of alkyl halides is 3. The van der Waals surface area contributed by atoms with Gasteiger partial charge in [-0.15, -0.1) is 11.8 Å². The van der Waals surface area contributed by atoms with E-state index in [1.54, 1.807) is 5.32 Å². The lowest BCUT2D eigenvalue weighted by atomic mass is 10.3. The summed E-state index contributed by atoms with van der Waals surface area (Å²) in [6.45, 7) is 1.49. The number of anilines is 1. The first-order valence-corrected chi connectivity index (χ1v) is 5.96. The SMILES string of the molecule is CC(Sc1ccc(NC(=O)C(F)(F)F)cc1)C(=O)O. The number of carbonyl (C=O) groups is 2. The summed E-state index contributed by atoms with van der Waals surface area (Å²) in [6.07, 6.45) is -4.94. The van der Waals surface area contributed by atoms with Gasteiger partial charge < -0.3 is 10.4 Å². The smallest absolute Gasteiger partial charge is 0.471 e. The number of hydrogen-bond acceptors (Lipinski definition) is 3. The lowest BCUT2D eigenvalue weighted by Gasteiger charge is -2.09. The summed E-state index contributed by atoms with van der Waals surface area (Å²) in [5.41, 5.74) is -0.00495. The van der Waals surface area contributed by atoms with Gasteiger partial charge in [-0.3, -0.25) is 9.59 Å². The van der Waals surface area contributed by atoms with Crippen molar-refractivity contribution in [3.05, 3.63) is 24.3 Å². The Hall–Kier alpha value is -1.70. The van der Waals surface area contributed by atoms with Crippen molar-refractivity contribution in [2.45, 2.75) is 23.2 Å². The van der Waals surface area contributed by atoms with Gasteiger partial charge in [0.1, 0.15) is 5.25 Å². The lowest BCUT2D eigenvalue weighted by Crippen LogP contribution is -2.29. The summed E-state index contributed by atoms with van der Waals surface area (Å²) in [6, 6.07) is 5.44. The molecule has 2 N–H and O–H groups in total. The van der Waals surface area contributed by atoms with Crippen LogP contribution in [-0.2, 0) is 9.59 Å². The van der Waals surface area contributed by atoms with E-state index in [9.17, 15) is 22.8 Å². The number of carboxylic acids is 1. The zero-order valence-corrected chi connectivity index (χ0v) is 10.5. The number of thioether (sulfide) groups is 1. The molecule has 1 unspecified atom stereocenters. The van der Waals surface area contributed by atoms with E-state index in [0.717, 1.165) is 11.8 Å². The number of carbonyl (C=O) groups excluding carboxylic acids is 1. The molecule has 0 saturated carbocycles. The van der Waals surface area contributed by atoms with E-state index in [0.29, 0.717) is 4.90 Å². The second-order valence-electron chi connectivity index (χ2n) is 3.57. The quantitative estimate of drug-likeness (QED) is 0.838. The number of hydrogen-bond donors (Lipinski definition) is 2. The maximum atomic E-state index is 12.0. The fourth-order valence-corrected chi connectivity index (χ4v) is 1.88. The number of amides is 1. The molecule has 0 aliphatic heterocycles. The Morgan fingerprint density at radius 2 is 1.79 bits per heavy atom. The highest BCUT2D eigenvalue weighted by atomic mass is 32.2. The Morgan fingerprint density at radius 1 is 1.26 bits per heavy atom. The topological polar surface area (TPSA) is 66.4 Å². The van der Waals surface area contributed by atoms with Gasteiger partial charge >= 0.3 is 18.1 Å². The average molecular weight is 293 g/mol. The van der Waals surface area contributed by atoms with E-state index in [1.807, 2.05) is 0 Å². The van der Waals surface area contributed by atoms with Crippen molar-refractivity contribution in [1.29, 1.82) is 0 Å². The molecule has 1 amide bonds. The van der Waals surface area contributed by atoms with Crippen LogP contribution in [0.25, 0.3) is 0 Å². The number of aliphatic carboxylic acids is 1. The molecule has 1 aromatic carbocycles. The number of benzene rings is 1. The first-order chi connectivity index (χ1) is 8.70. The standard InChI is InChI=1S/C11H10F3NO3S/c1-6(9(16)17)19-8-4-2-7(3-5-8)15-10(18)11(12,13)14/h2-6H,1H3,(H,15,18)(H,16,17). The Bertz CT molecular complexity index is 473. The minimum Gasteiger partial charge on any atom is -0.480 e. The van der Waals surface area contributed by atoms with Crippen LogP contribution in [0.15, 0.2) is 29.2 Å². The Morgan fingerprint density at radius 3 is 2.21 bits per heavy atom. The van der Waals surface area contributed by atoms with Crippen LogP contribution in [-0.4, -0.2) is 28.4 Å². The molecule has 0 saturated heterocycles. The van der Waals surface area contributed by atoms with Crippen molar-refractivity contribution in [3.63, 3.8) is 0 Å². The summed E-state index contributed by atoms with van der Waals surface area (Å²) in [7, 11) is 0. The minimum atomic E-state index is -4.94. The average Bonchev–Trinajstić information content (AvgIpc) is 2.30. The van der Waals surface area contributed by atoms with Gasteiger partial charge in [-0.1, -0.05) is 0 Å². The van der Waals surface area contributed by atoms with Crippen LogP contribution < -0.4 is 5.32 Å². The lowest BCUT2D eigenvalue weighted by molar-refractivity contribution is -0.167. The molecule has 0 bridgehead atoms. The molecule has 0 radical (unpaired) electrons. The molecule has 104 valence electrons. The maximum Gasteiger partial charge on any atom is 0.471 e. The zero-order valence-electron chi connectivity index (χ0n) is 9.69. The molecule has 1 aromatic rings. The van der Waals surface area contributed by atoms with Crippen LogP contribution >= 0.6 is 11.8 Å². The predicted octanol–water partition coefficient (Wildman–Crippen LogP) is 2.75. The number of carboxylic acid groups (broad SMARTS) is 1. The Balaban J connectivity index is 2.67. The molecule has 4 nitrogen and oxygen atoms in total. The third-order valence-electron chi connectivity index (χ3n) is 2.03. The summed E-state index contributed by atoms with van der Waals surface area (Å²) in [4.78, 5) is 21.9. The molecule has 19 heavy (non-hydrogen) atoms. The number of nitrogens with one attached hydrogen (secondary N) is 1. The molecular weight excluding hydrogens is 283 g/mol. The highest BCUT2D eigenvalue weighted by Gasteiger charge is 2.38. The monoisotopic (exact) mass is 293 g/mol. The molecule has 1 rings (SSSR count). The van der Waals surface area contributed by atoms with Crippen LogP contribution in [0.2, 0.25) is 0 Å². The van der Waals surface area contributed by atoms with Crippen molar-refractivity contribution in [3.8, 4) is 0 Å². The fraction of sp³-hybridized carbons (Fsp3) is 0.273. The van der Waals surface area contributed by atoms with Crippen LogP contribution in [0.3, 0.4) is 0 Å². The predicted molar refractivity (Wildman–Crippen MR) is 64.1 cm³/mol. The molecule has 0 spiro atoms. The van der Waals surface area contributed by atoms with Crippen molar-refractivity contribution in [2.75, 3.05) is 5.32 Å². The van der Waals surface area contributed by atoms with Crippen LogP contribution in [0.5, 0.6) is 0 Å². The molecule has 8 heteroatoms. The van der Waals surface area contributed by atoms with Crippen LogP contribution in [0.4, 0.5) is 18.9 Å². The molecule has 0 aliphatic rings. The number of rotatable bonds is 4. The van der Waals surface area contributed by atoms with Crippen molar-refractivity contribution < 1.29 is 27.9 Å². The minimum absolute atomic E-state index is 0.00495. The third-order valence-corrected chi connectivity index (χ3v) is 3.13. The van der Waals surface area contributed by atoms with Crippen LogP contribution in [0, 0.1) is 0 Å². The summed E-state index contributed by atoms with van der Waals surface area (Å²) < 4.78 is 36.0. The van der Waals surface area contributed by atoms with Gasteiger partial charge in [-0.2, -0.15) is 13.2 Å². The second-order valence-corrected chi connectivity index (χ2v) is 4.99. The highest BCUT2D eigenvalue weighted by Crippen LogP contribution is 2.25. The van der Waals surface area contributed by atoms with Crippen LogP contribution in [0.1, 0.15) is 6.92 Å². The summed E-state index contributed by atoms with van der Waals surface area (Å²) >= 11 is 1.05. The van der Waals surface area contributed by atoms with E-state index in [-0.39, 0.29) is 5.69 Å². The first kappa shape index (κ1) is 15.4. The molecular formula is C11H10F3NO3S. The zero-order chi connectivity index (χ0) is 14.6. The van der Waals surface area contributed by atoms with Gasteiger partial charge in [0.25, 0.3) is 0 Å². The first-order valence-electron chi connectivity index (χ1n) is 5.08. The van der Waals surface area contributed by atoms with Crippen molar-refractivity contribution in [2.24, 2.45) is 0 Å². The largest absolute Gasteiger partial charge is 0.480 e. The molecule has 0 aromatic heterocycles. The highest BCUT2D eigenvalue weighted by molar-refractivity contribution is 8.00. The fourth-order valence-electron chi connectivity index (χ4n) is 1.07. The van der Waals surface area contributed by atoms with Crippen molar-refractivity contribution in [1.82, 2.24) is 0 Å². The second kappa shape index (κ2) is 5.96. The van der Waals surface area contributed by atoms with E-state index in [4.69, 9.17) is 5.11 Å². The van der Waals surface area contributed by atoms with Gasteiger partial charge in [-0.25, -0.2) is 0 Å². The van der Waals surface area contributed by atoms with E-state index >= 15 is 0 Å². The summed E-state index contributed by atoms with van der Waals surface area (Å²) in [5.74, 6) is -3.04. The normalized spacial score (nSPS) is 12.8. The molecule has 1 atom stereocenters. The van der Waals surface area contributed by atoms with Gasteiger partial charge in [0.2, 0.25) is 0 Å². The molecule has 0 aliphatic carbocycles. The van der Waals surface area contributed by atoms with E-state index < -0.39 is 23.3 Å². The van der Waals surface area contributed by atoms with Gasteiger partial charge in [0, 0.05) is 10.6 Å². The van der Waals surface area contributed by atoms with Gasteiger partial charge in [-0.05, 0) is 31.2 Å². The third kappa shape index (κ3) is 4.82. The van der Waals surface area contributed by atoms with E-state index in [2.05, 4.69) is 0 Å². The molecule has 0 fully saturated rings. The number of halogens is 3. The van der Waals surface area contributed by atoms with E-state index in [1.165, 1.54) is 31.2 Å². The van der Waals surface area contributed by atoms with Crippen molar-refractivity contribution >= 4 is 29.3 Å². The summed E-state index contributed by atoms with van der Waals surface area (Å²) in [5, 5.41) is 9.73. The molecule has 0 heterocycles. The Kier molecular flexibility index (Phi) is 4.82. The maximum absolute atomic E-state index is 12.0. The van der Waals surface area contributed by atoms with Gasteiger partial charge in [0.05, 0.1) is 0 Å².